The minimum atomic E-state index is 0.575. The van der Waals surface area contributed by atoms with Crippen LogP contribution in [0.5, 0.6) is 5.75 Å². The number of ether oxygens (including phenoxy) is 1. The van der Waals surface area contributed by atoms with Gasteiger partial charge in [-0.15, -0.1) is 0 Å². The van der Waals surface area contributed by atoms with Gasteiger partial charge in [-0.05, 0) is 31.3 Å². The smallest absolute Gasteiger partial charge is 0.223 e. The second-order valence-electron chi connectivity index (χ2n) is 4.64. The van der Waals surface area contributed by atoms with E-state index in [0.29, 0.717) is 36.1 Å². The van der Waals surface area contributed by atoms with Gasteiger partial charge < -0.3 is 18.8 Å². The number of aromatic nitrogens is 4. The molecule has 3 aromatic rings. The van der Waals surface area contributed by atoms with Crippen LogP contribution in [0.15, 0.2) is 22.7 Å². The van der Waals surface area contributed by atoms with E-state index in [9.17, 15) is 0 Å². The molecule has 0 aliphatic carbocycles. The summed E-state index contributed by atoms with van der Waals surface area (Å²) < 4.78 is 13.3. The van der Waals surface area contributed by atoms with Crippen molar-refractivity contribution in [2.45, 2.75) is 26.8 Å². The summed E-state index contributed by atoms with van der Waals surface area (Å²) in [6.07, 6.45) is 0.664. The van der Waals surface area contributed by atoms with E-state index in [-0.39, 0.29) is 0 Å². The van der Waals surface area contributed by atoms with E-state index in [1.807, 2.05) is 29.7 Å². The monoisotopic (exact) mass is 304 g/mol. The summed E-state index contributed by atoms with van der Waals surface area (Å²) >= 11 is 5.40. The summed E-state index contributed by atoms with van der Waals surface area (Å²) in [5.41, 5.74) is 1.94. The molecule has 0 aliphatic heterocycles. The molecule has 0 amide bonds. The molecule has 3 rings (SSSR count). The molecule has 21 heavy (non-hydrogen) atoms. The minimum absolute atomic E-state index is 0.575. The van der Waals surface area contributed by atoms with Crippen LogP contribution in [0.3, 0.4) is 0 Å². The van der Waals surface area contributed by atoms with Crippen LogP contribution in [0.1, 0.15) is 18.6 Å². The van der Waals surface area contributed by atoms with E-state index in [0.717, 1.165) is 16.8 Å². The molecule has 2 heterocycles. The summed E-state index contributed by atoms with van der Waals surface area (Å²) in [4.78, 5) is 7.42. The van der Waals surface area contributed by atoms with E-state index in [4.69, 9.17) is 21.5 Å². The van der Waals surface area contributed by atoms with Crippen molar-refractivity contribution < 1.29 is 9.26 Å². The summed E-state index contributed by atoms with van der Waals surface area (Å²) in [6, 6.07) is 5.92. The van der Waals surface area contributed by atoms with Gasteiger partial charge in [0.1, 0.15) is 11.3 Å². The molecule has 7 heteroatoms. The molecule has 0 aliphatic rings. The average molecular weight is 304 g/mol. The van der Waals surface area contributed by atoms with Crippen LogP contribution in [-0.2, 0) is 13.0 Å². The number of nitrogens with one attached hydrogen (secondary N) is 1. The second-order valence-corrected chi connectivity index (χ2v) is 5.03. The molecule has 0 unspecified atom stereocenters. The number of rotatable bonds is 5. The van der Waals surface area contributed by atoms with E-state index in [2.05, 4.69) is 15.1 Å². The number of imidazole rings is 1. The largest absolute Gasteiger partial charge is 0.492 e. The number of fused-ring (bicyclic) bond motifs is 1. The first-order valence-electron chi connectivity index (χ1n) is 6.82. The zero-order chi connectivity index (χ0) is 14.8. The van der Waals surface area contributed by atoms with E-state index in [1.165, 1.54) is 0 Å². The molecule has 0 fully saturated rings. The molecule has 0 bridgehead atoms. The van der Waals surface area contributed by atoms with Crippen molar-refractivity contribution in [2.75, 3.05) is 6.61 Å². The Morgan fingerprint density at radius 3 is 3.00 bits per heavy atom. The third-order valence-electron chi connectivity index (χ3n) is 3.20. The summed E-state index contributed by atoms with van der Waals surface area (Å²) in [5, 5.41) is 3.90. The fraction of sp³-hybridized carbons (Fsp3) is 0.357. The third kappa shape index (κ3) is 2.69. The van der Waals surface area contributed by atoms with Crippen molar-refractivity contribution >= 4 is 23.3 Å². The maximum absolute atomic E-state index is 5.62. The van der Waals surface area contributed by atoms with E-state index < -0.39 is 0 Å². The van der Waals surface area contributed by atoms with Crippen LogP contribution in [0, 0.1) is 11.7 Å². The topological polar surface area (TPSA) is 68.9 Å². The van der Waals surface area contributed by atoms with Crippen molar-refractivity contribution in [2.24, 2.45) is 0 Å². The third-order valence-corrected chi connectivity index (χ3v) is 3.52. The number of H-pyrrole nitrogens is 1. The molecule has 6 nitrogen and oxygen atoms in total. The zero-order valence-corrected chi connectivity index (χ0v) is 12.7. The quantitative estimate of drug-likeness (QED) is 0.734. The molecule has 2 aromatic heterocycles. The Balaban J connectivity index is 1.93. The Labute approximate surface area is 126 Å². The first-order chi connectivity index (χ1) is 10.2. The number of nitrogens with zero attached hydrogens (tertiary/aromatic N) is 3. The summed E-state index contributed by atoms with van der Waals surface area (Å²) in [7, 11) is 0. The van der Waals surface area contributed by atoms with Crippen molar-refractivity contribution in [3.63, 3.8) is 0 Å². The molecular formula is C14H16N4O2S. The van der Waals surface area contributed by atoms with Gasteiger partial charge in [-0.3, -0.25) is 0 Å². The Morgan fingerprint density at radius 1 is 1.43 bits per heavy atom. The summed E-state index contributed by atoms with van der Waals surface area (Å²) in [6.45, 7) is 5.05. The van der Waals surface area contributed by atoms with Crippen molar-refractivity contribution in [3.05, 3.63) is 34.7 Å². The minimum Gasteiger partial charge on any atom is -0.492 e. The van der Waals surface area contributed by atoms with Crippen LogP contribution in [-0.4, -0.2) is 26.3 Å². The van der Waals surface area contributed by atoms with Gasteiger partial charge in [-0.25, -0.2) is 0 Å². The molecule has 1 aromatic carbocycles. The Morgan fingerprint density at radius 2 is 2.29 bits per heavy atom. The van der Waals surface area contributed by atoms with Gasteiger partial charge in [-0.2, -0.15) is 4.98 Å². The molecule has 0 spiro atoms. The van der Waals surface area contributed by atoms with Gasteiger partial charge >= 0.3 is 0 Å². The van der Waals surface area contributed by atoms with Crippen molar-refractivity contribution in [1.29, 1.82) is 0 Å². The molecule has 0 radical (unpaired) electrons. The van der Waals surface area contributed by atoms with Crippen LogP contribution < -0.4 is 4.74 Å². The standard InChI is InChI=1S/C14H16N4O2S/c1-3-19-11-6-4-5-10-13(11)16-14(21)18(10)8-7-12-15-9(2)20-17-12/h4-6H,3,7-8H2,1-2H3,(H,16,21). The molecule has 1 N–H and O–H groups in total. The highest BCUT2D eigenvalue weighted by Gasteiger charge is 2.10. The molecule has 0 saturated carbocycles. The van der Waals surface area contributed by atoms with E-state index in [1.54, 1.807) is 6.92 Å². The van der Waals surface area contributed by atoms with Crippen LogP contribution in [0.2, 0.25) is 0 Å². The van der Waals surface area contributed by atoms with Crippen molar-refractivity contribution in [1.82, 2.24) is 19.7 Å². The van der Waals surface area contributed by atoms with Crippen LogP contribution in [0.25, 0.3) is 11.0 Å². The number of hydrogen-bond donors (Lipinski definition) is 1. The number of para-hydroxylation sites is 1. The van der Waals surface area contributed by atoms with Gasteiger partial charge in [0.2, 0.25) is 5.89 Å². The van der Waals surface area contributed by atoms with Gasteiger partial charge in [-0.1, -0.05) is 11.2 Å². The summed E-state index contributed by atoms with van der Waals surface area (Å²) in [5.74, 6) is 2.08. The highest BCUT2D eigenvalue weighted by molar-refractivity contribution is 7.71. The fourth-order valence-corrected chi connectivity index (χ4v) is 2.60. The fourth-order valence-electron chi connectivity index (χ4n) is 2.31. The van der Waals surface area contributed by atoms with Crippen LogP contribution >= 0.6 is 12.2 Å². The lowest BCUT2D eigenvalue weighted by Gasteiger charge is -2.05. The highest BCUT2D eigenvalue weighted by atomic mass is 32.1. The lowest BCUT2D eigenvalue weighted by molar-refractivity contribution is 0.343. The number of benzene rings is 1. The van der Waals surface area contributed by atoms with Gasteiger partial charge in [0.15, 0.2) is 10.6 Å². The predicted molar refractivity (Wildman–Crippen MR) is 81.0 cm³/mol. The molecule has 110 valence electrons. The first kappa shape index (κ1) is 13.8. The number of aryl methyl sites for hydroxylation is 3. The normalized spacial score (nSPS) is 11.1. The zero-order valence-electron chi connectivity index (χ0n) is 11.9. The molecular weight excluding hydrogens is 288 g/mol. The molecule has 0 atom stereocenters. The lowest BCUT2D eigenvalue weighted by atomic mass is 10.3. The van der Waals surface area contributed by atoms with Gasteiger partial charge in [0.25, 0.3) is 0 Å². The Hall–Kier alpha value is -2.15. The van der Waals surface area contributed by atoms with Crippen molar-refractivity contribution in [3.8, 4) is 5.75 Å². The maximum Gasteiger partial charge on any atom is 0.223 e. The second kappa shape index (κ2) is 5.69. The van der Waals surface area contributed by atoms with E-state index >= 15 is 0 Å². The van der Waals surface area contributed by atoms with Crippen LogP contribution in [0.4, 0.5) is 0 Å². The first-order valence-corrected chi connectivity index (χ1v) is 7.23. The average Bonchev–Trinajstić information content (AvgIpc) is 3.01. The SMILES string of the molecule is CCOc1cccc2c1[nH]c(=S)n2CCc1noc(C)n1. The van der Waals surface area contributed by atoms with Gasteiger partial charge in [0, 0.05) is 19.9 Å². The lowest BCUT2D eigenvalue weighted by Crippen LogP contribution is -2.02. The highest BCUT2D eigenvalue weighted by Crippen LogP contribution is 2.25. The number of hydrogen-bond acceptors (Lipinski definition) is 5. The Bertz CT molecular complexity index is 818. The van der Waals surface area contributed by atoms with Gasteiger partial charge in [0.05, 0.1) is 12.1 Å². The maximum atomic E-state index is 5.62. The predicted octanol–water partition coefficient (Wildman–Crippen LogP) is 3.03. The Kier molecular flexibility index (Phi) is 3.74. The molecule has 0 saturated heterocycles. The number of aromatic amines is 1.